The monoisotopic (exact) mass is 346 g/mol. The second-order valence-electron chi connectivity index (χ2n) is 6.59. The molecule has 1 aromatic carbocycles. The van der Waals surface area contributed by atoms with Gasteiger partial charge < -0.3 is 0 Å². The molecular weight excluding hydrogens is 323 g/mol. The molecule has 0 spiro atoms. The van der Waals surface area contributed by atoms with Crippen molar-refractivity contribution in [2.45, 2.75) is 38.9 Å². The predicted molar refractivity (Wildman–Crippen MR) is 94.9 cm³/mol. The van der Waals surface area contributed by atoms with Gasteiger partial charge in [0.05, 0.1) is 6.42 Å². The summed E-state index contributed by atoms with van der Waals surface area (Å²) in [4.78, 5) is 18.7. The highest BCUT2D eigenvalue weighted by molar-refractivity contribution is 7.11. The largest absolute Gasteiger partial charge is 0.300 e. The van der Waals surface area contributed by atoms with E-state index in [1.54, 1.807) is 18.3 Å². The lowest BCUT2D eigenvalue weighted by Crippen LogP contribution is -2.41. The van der Waals surface area contributed by atoms with E-state index in [0.717, 1.165) is 35.8 Å². The fourth-order valence-corrected chi connectivity index (χ4v) is 4.28. The molecule has 128 valence electrons. The standard InChI is InChI=1S/C19H23FN2OS/c1-14(23)9-19-21-11-17(24-19)12-22-8-7-16(18(20)13-22)10-15-5-3-2-4-6-15/h2-6,11,16,18H,7-10,12-13H2,1H3. The van der Waals surface area contributed by atoms with Crippen molar-refractivity contribution in [1.82, 2.24) is 9.88 Å². The van der Waals surface area contributed by atoms with Crippen molar-refractivity contribution in [3.63, 3.8) is 0 Å². The number of aromatic nitrogens is 1. The van der Waals surface area contributed by atoms with Gasteiger partial charge in [0.15, 0.2) is 0 Å². The van der Waals surface area contributed by atoms with Gasteiger partial charge in [-0.05, 0) is 37.8 Å². The van der Waals surface area contributed by atoms with E-state index in [9.17, 15) is 9.18 Å². The zero-order valence-corrected chi connectivity index (χ0v) is 14.8. The number of carbonyl (C=O) groups is 1. The molecule has 0 bridgehead atoms. The van der Waals surface area contributed by atoms with Gasteiger partial charge in [0.25, 0.3) is 0 Å². The van der Waals surface area contributed by atoms with Gasteiger partial charge in [0.1, 0.15) is 17.0 Å². The zero-order chi connectivity index (χ0) is 16.9. The van der Waals surface area contributed by atoms with Crippen molar-refractivity contribution >= 4 is 17.1 Å². The predicted octanol–water partition coefficient (Wildman–Crippen LogP) is 3.68. The number of ketones is 1. The SMILES string of the molecule is CC(=O)Cc1ncc(CN2CCC(Cc3ccccc3)C(F)C2)s1. The topological polar surface area (TPSA) is 33.2 Å². The Balaban J connectivity index is 1.52. The first kappa shape index (κ1) is 17.2. The normalized spacial score (nSPS) is 21.8. The second kappa shape index (κ2) is 7.99. The van der Waals surface area contributed by atoms with Crippen LogP contribution in [0.2, 0.25) is 0 Å². The Morgan fingerprint density at radius 1 is 1.38 bits per heavy atom. The molecule has 0 N–H and O–H groups in total. The summed E-state index contributed by atoms with van der Waals surface area (Å²) in [5, 5.41) is 0.855. The first-order chi connectivity index (χ1) is 11.6. The van der Waals surface area contributed by atoms with E-state index >= 15 is 0 Å². The molecule has 2 unspecified atom stereocenters. The molecule has 2 aromatic rings. The Bertz CT molecular complexity index is 673. The molecule has 1 aliphatic rings. The number of thiazole rings is 1. The third kappa shape index (κ3) is 4.71. The maximum absolute atomic E-state index is 14.6. The number of carbonyl (C=O) groups excluding carboxylic acids is 1. The van der Waals surface area contributed by atoms with Crippen LogP contribution >= 0.6 is 11.3 Å². The summed E-state index contributed by atoms with van der Waals surface area (Å²) in [7, 11) is 0. The van der Waals surface area contributed by atoms with Crippen LogP contribution in [0.3, 0.4) is 0 Å². The number of nitrogens with zero attached hydrogens (tertiary/aromatic N) is 2. The van der Waals surface area contributed by atoms with E-state index in [1.807, 2.05) is 24.4 Å². The summed E-state index contributed by atoms with van der Waals surface area (Å²) in [6.45, 7) is 3.70. The van der Waals surface area contributed by atoms with Crippen LogP contribution in [0.5, 0.6) is 0 Å². The quantitative estimate of drug-likeness (QED) is 0.800. The molecule has 2 heterocycles. The van der Waals surface area contributed by atoms with E-state index in [1.165, 1.54) is 5.56 Å². The number of rotatable bonds is 6. The van der Waals surface area contributed by atoms with Crippen LogP contribution in [0.15, 0.2) is 36.5 Å². The lowest BCUT2D eigenvalue weighted by molar-refractivity contribution is -0.116. The average Bonchev–Trinajstić information content (AvgIpc) is 2.97. The zero-order valence-electron chi connectivity index (χ0n) is 14.0. The minimum Gasteiger partial charge on any atom is -0.300 e. The molecule has 24 heavy (non-hydrogen) atoms. The van der Waals surface area contributed by atoms with Crippen molar-refractivity contribution < 1.29 is 9.18 Å². The highest BCUT2D eigenvalue weighted by Gasteiger charge is 2.29. The van der Waals surface area contributed by atoms with E-state index in [2.05, 4.69) is 22.0 Å². The van der Waals surface area contributed by atoms with Crippen molar-refractivity contribution in [1.29, 1.82) is 0 Å². The highest BCUT2D eigenvalue weighted by atomic mass is 32.1. The van der Waals surface area contributed by atoms with Crippen LogP contribution in [0.1, 0.15) is 28.8 Å². The Hall–Kier alpha value is -1.59. The fourth-order valence-electron chi connectivity index (χ4n) is 3.24. The van der Waals surface area contributed by atoms with Crippen molar-refractivity contribution in [3.05, 3.63) is 52.0 Å². The lowest BCUT2D eigenvalue weighted by Gasteiger charge is -2.34. The minimum atomic E-state index is -0.788. The minimum absolute atomic E-state index is 0.110. The lowest BCUT2D eigenvalue weighted by atomic mass is 9.88. The second-order valence-corrected chi connectivity index (χ2v) is 7.79. The molecular formula is C19H23FN2OS. The van der Waals surface area contributed by atoms with Crippen LogP contribution in [-0.4, -0.2) is 34.9 Å². The summed E-state index contributed by atoms with van der Waals surface area (Å²) < 4.78 is 14.6. The molecule has 3 rings (SSSR count). The Labute approximate surface area is 146 Å². The Morgan fingerprint density at radius 3 is 2.88 bits per heavy atom. The number of likely N-dealkylation sites (tertiary alicyclic amines) is 1. The third-order valence-electron chi connectivity index (χ3n) is 4.48. The van der Waals surface area contributed by atoms with Crippen LogP contribution in [0.4, 0.5) is 4.39 Å². The molecule has 1 fully saturated rings. The Kier molecular flexibility index (Phi) is 5.74. The summed E-state index contributed by atoms with van der Waals surface area (Å²) >= 11 is 1.56. The first-order valence-corrected chi connectivity index (χ1v) is 9.25. The first-order valence-electron chi connectivity index (χ1n) is 8.43. The van der Waals surface area contributed by atoms with Crippen molar-refractivity contribution in [2.75, 3.05) is 13.1 Å². The molecule has 3 nitrogen and oxygen atoms in total. The van der Waals surface area contributed by atoms with E-state index < -0.39 is 6.17 Å². The van der Waals surface area contributed by atoms with Gasteiger partial charge in [0, 0.05) is 24.2 Å². The average molecular weight is 346 g/mol. The molecule has 5 heteroatoms. The van der Waals surface area contributed by atoms with Gasteiger partial charge in [-0.3, -0.25) is 9.69 Å². The van der Waals surface area contributed by atoms with Gasteiger partial charge in [-0.2, -0.15) is 0 Å². The number of Topliss-reactive ketones (excluding diaryl/α,β-unsaturated/α-hetero) is 1. The van der Waals surface area contributed by atoms with Gasteiger partial charge in [0.2, 0.25) is 0 Å². The van der Waals surface area contributed by atoms with Crippen LogP contribution in [0.25, 0.3) is 0 Å². The maximum atomic E-state index is 14.6. The smallest absolute Gasteiger partial charge is 0.136 e. The van der Waals surface area contributed by atoms with Gasteiger partial charge in [-0.15, -0.1) is 11.3 Å². The van der Waals surface area contributed by atoms with Crippen LogP contribution in [0, 0.1) is 5.92 Å². The number of halogens is 1. The maximum Gasteiger partial charge on any atom is 0.136 e. The molecule has 0 radical (unpaired) electrons. The molecule has 1 aromatic heterocycles. The fraction of sp³-hybridized carbons (Fsp3) is 0.474. The van der Waals surface area contributed by atoms with Gasteiger partial charge >= 0.3 is 0 Å². The number of hydrogen-bond donors (Lipinski definition) is 0. The number of benzene rings is 1. The summed E-state index contributed by atoms with van der Waals surface area (Å²) in [6, 6.07) is 10.2. The third-order valence-corrected chi connectivity index (χ3v) is 5.46. The summed E-state index contributed by atoms with van der Waals surface area (Å²) in [5.74, 6) is 0.236. The molecule has 1 saturated heterocycles. The van der Waals surface area contributed by atoms with E-state index in [-0.39, 0.29) is 11.7 Å². The van der Waals surface area contributed by atoms with E-state index in [0.29, 0.717) is 13.0 Å². The molecule has 0 aliphatic carbocycles. The van der Waals surface area contributed by atoms with Crippen molar-refractivity contribution in [3.8, 4) is 0 Å². The van der Waals surface area contributed by atoms with E-state index in [4.69, 9.17) is 0 Å². The molecule has 2 atom stereocenters. The van der Waals surface area contributed by atoms with Gasteiger partial charge in [-0.1, -0.05) is 30.3 Å². The van der Waals surface area contributed by atoms with Crippen LogP contribution in [-0.2, 0) is 24.2 Å². The molecule has 0 saturated carbocycles. The van der Waals surface area contributed by atoms with Gasteiger partial charge in [-0.25, -0.2) is 9.37 Å². The number of alkyl halides is 1. The Morgan fingerprint density at radius 2 is 2.17 bits per heavy atom. The molecule has 0 amide bonds. The number of hydrogen-bond acceptors (Lipinski definition) is 4. The summed E-state index contributed by atoms with van der Waals surface area (Å²) in [6.07, 6.45) is 3.14. The van der Waals surface area contributed by atoms with Crippen molar-refractivity contribution in [2.24, 2.45) is 5.92 Å². The molecule has 1 aliphatic heterocycles. The van der Waals surface area contributed by atoms with Crippen LogP contribution < -0.4 is 0 Å². The number of piperidine rings is 1. The highest BCUT2D eigenvalue weighted by Crippen LogP contribution is 2.26. The summed E-state index contributed by atoms with van der Waals surface area (Å²) in [5.41, 5.74) is 1.22.